The van der Waals surface area contributed by atoms with Crippen LogP contribution in [-0.2, 0) is 0 Å². The highest BCUT2D eigenvalue weighted by Crippen LogP contribution is 2.35. The molecule has 2 aromatic carbocycles. The highest BCUT2D eigenvalue weighted by atomic mass is 35.5. The van der Waals surface area contributed by atoms with Crippen molar-refractivity contribution in [2.24, 2.45) is 0 Å². The van der Waals surface area contributed by atoms with E-state index < -0.39 is 0 Å². The molecule has 0 unspecified atom stereocenters. The SMILES string of the molecule is O=C(Nc1ccccc1)c1nnc([C@@H]2CCCN2C(=O)c2cccc(Cl)c2)s1. The quantitative estimate of drug-likeness (QED) is 0.688. The third-order valence-electron chi connectivity index (χ3n) is 4.54. The van der Waals surface area contributed by atoms with E-state index in [4.69, 9.17) is 11.6 Å². The van der Waals surface area contributed by atoms with Crippen molar-refractivity contribution in [1.29, 1.82) is 0 Å². The van der Waals surface area contributed by atoms with Crippen LogP contribution in [0.5, 0.6) is 0 Å². The van der Waals surface area contributed by atoms with Crippen molar-refractivity contribution in [3.05, 3.63) is 75.2 Å². The smallest absolute Gasteiger partial charge is 0.286 e. The average Bonchev–Trinajstić information content (AvgIpc) is 3.37. The highest BCUT2D eigenvalue weighted by Gasteiger charge is 2.33. The van der Waals surface area contributed by atoms with E-state index in [1.54, 1.807) is 29.2 Å². The first-order valence-electron chi connectivity index (χ1n) is 8.88. The van der Waals surface area contributed by atoms with Crippen LogP contribution >= 0.6 is 22.9 Å². The van der Waals surface area contributed by atoms with E-state index in [0.717, 1.165) is 12.8 Å². The van der Waals surface area contributed by atoms with E-state index in [0.29, 0.717) is 27.8 Å². The maximum atomic E-state index is 12.9. The van der Waals surface area contributed by atoms with E-state index in [2.05, 4.69) is 15.5 Å². The number of hydrogen-bond donors (Lipinski definition) is 1. The Hall–Kier alpha value is -2.77. The molecule has 142 valence electrons. The molecule has 1 saturated heterocycles. The number of carbonyl (C=O) groups excluding carboxylic acids is 2. The molecule has 0 bridgehead atoms. The molecule has 2 amide bonds. The number of halogens is 1. The molecular formula is C20H17ClN4O2S. The summed E-state index contributed by atoms with van der Waals surface area (Å²) in [6.07, 6.45) is 1.67. The first kappa shape index (κ1) is 18.6. The fourth-order valence-electron chi connectivity index (χ4n) is 3.22. The maximum absolute atomic E-state index is 12.9. The zero-order valence-corrected chi connectivity index (χ0v) is 16.4. The monoisotopic (exact) mass is 412 g/mol. The summed E-state index contributed by atoms with van der Waals surface area (Å²) in [5.74, 6) is -0.392. The molecule has 1 aromatic heterocycles. The second-order valence-corrected chi connectivity index (χ2v) is 7.88. The number of rotatable bonds is 4. The first-order chi connectivity index (χ1) is 13.6. The van der Waals surface area contributed by atoms with Crippen molar-refractivity contribution >= 4 is 40.4 Å². The summed E-state index contributed by atoms with van der Waals surface area (Å²) in [5, 5.41) is 12.5. The van der Waals surface area contributed by atoms with Crippen LogP contribution in [-0.4, -0.2) is 33.5 Å². The van der Waals surface area contributed by atoms with Crippen molar-refractivity contribution in [2.45, 2.75) is 18.9 Å². The zero-order chi connectivity index (χ0) is 19.5. The molecule has 0 saturated carbocycles. The van der Waals surface area contributed by atoms with Crippen LogP contribution in [0.3, 0.4) is 0 Å². The Morgan fingerprint density at radius 3 is 2.71 bits per heavy atom. The molecule has 1 atom stereocenters. The Morgan fingerprint density at radius 2 is 1.93 bits per heavy atom. The van der Waals surface area contributed by atoms with Crippen LogP contribution in [0.4, 0.5) is 5.69 Å². The van der Waals surface area contributed by atoms with Gasteiger partial charge < -0.3 is 10.2 Å². The summed E-state index contributed by atoms with van der Waals surface area (Å²) in [6.45, 7) is 0.640. The van der Waals surface area contributed by atoms with Gasteiger partial charge in [-0.2, -0.15) is 0 Å². The molecule has 1 fully saturated rings. The van der Waals surface area contributed by atoms with Crippen LogP contribution in [0.2, 0.25) is 5.02 Å². The van der Waals surface area contributed by atoms with Crippen molar-refractivity contribution in [3.8, 4) is 0 Å². The van der Waals surface area contributed by atoms with Gasteiger partial charge in [-0.3, -0.25) is 9.59 Å². The normalized spacial score (nSPS) is 16.2. The van der Waals surface area contributed by atoms with Crippen LogP contribution < -0.4 is 5.32 Å². The van der Waals surface area contributed by atoms with E-state index in [1.807, 2.05) is 30.3 Å². The van der Waals surface area contributed by atoms with Gasteiger partial charge in [-0.1, -0.05) is 47.2 Å². The lowest BCUT2D eigenvalue weighted by atomic mass is 10.1. The predicted octanol–water partition coefficient (Wildman–Crippen LogP) is 4.42. The van der Waals surface area contributed by atoms with Gasteiger partial charge in [0.25, 0.3) is 11.8 Å². The van der Waals surface area contributed by atoms with Crippen molar-refractivity contribution in [3.63, 3.8) is 0 Å². The second-order valence-electron chi connectivity index (χ2n) is 6.43. The third kappa shape index (κ3) is 3.90. The van der Waals surface area contributed by atoms with Gasteiger partial charge in [-0.15, -0.1) is 10.2 Å². The number of nitrogens with one attached hydrogen (secondary N) is 1. The minimum absolute atomic E-state index is 0.0875. The lowest BCUT2D eigenvalue weighted by Gasteiger charge is -2.22. The number of hydrogen-bond acceptors (Lipinski definition) is 5. The van der Waals surface area contributed by atoms with Gasteiger partial charge in [0.2, 0.25) is 5.01 Å². The highest BCUT2D eigenvalue weighted by molar-refractivity contribution is 7.13. The van der Waals surface area contributed by atoms with Crippen LogP contribution in [0.1, 0.15) is 44.1 Å². The number of nitrogens with zero attached hydrogens (tertiary/aromatic N) is 3. The molecule has 2 heterocycles. The number of carbonyl (C=O) groups is 2. The van der Waals surface area contributed by atoms with Crippen molar-refractivity contribution < 1.29 is 9.59 Å². The van der Waals surface area contributed by atoms with Crippen LogP contribution in [0.15, 0.2) is 54.6 Å². The van der Waals surface area contributed by atoms with E-state index in [9.17, 15) is 9.59 Å². The number of anilines is 1. The zero-order valence-electron chi connectivity index (χ0n) is 14.8. The van der Waals surface area contributed by atoms with Gasteiger partial charge in [-0.25, -0.2) is 0 Å². The first-order valence-corrected chi connectivity index (χ1v) is 10.1. The number of benzene rings is 2. The fraction of sp³-hybridized carbons (Fsp3) is 0.200. The predicted molar refractivity (Wildman–Crippen MR) is 109 cm³/mol. The molecule has 1 N–H and O–H groups in total. The van der Waals surface area contributed by atoms with E-state index >= 15 is 0 Å². The number of likely N-dealkylation sites (tertiary alicyclic amines) is 1. The van der Waals surface area contributed by atoms with Gasteiger partial charge in [-0.05, 0) is 43.2 Å². The van der Waals surface area contributed by atoms with Gasteiger partial charge in [0.05, 0.1) is 6.04 Å². The van der Waals surface area contributed by atoms with Crippen molar-refractivity contribution in [2.75, 3.05) is 11.9 Å². The Kier molecular flexibility index (Phi) is 5.36. The van der Waals surface area contributed by atoms with Gasteiger partial charge >= 0.3 is 0 Å². The fourth-order valence-corrected chi connectivity index (χ4v) is 4.30. The molecule has 0 radical (unpaired) electrons. The molecular weight excluding hydrogens is 396 g/mol. The van der Waals surface area contributed by atoms with Crippen molar-refractivity contribution in [1.82, 2.24) is 15.1 Å². The van der Waals surface area contributed by atoms with E-state index in [1.165, 1.54) is 11.3 Å². The molecule has 8 heteroatoms. The summed E-state index contributed by atoms with van der Waals surface area (Å²) in [4.78, 5) is 27.1. The van der Waals surface area contributed by atoms with Gasteiger partial charge in [0.15, 0.2) is 0 Å². The molecule has 0 spiro atoms. The molecule has 4 rings (SSSR count). The summed E-state index contributed by atoms with van der Waals surface area (Å²) >= 11 is 7.24. The summed E-state index contributed by atoms with van der Waals surface area (Å²) in [5.41, 5.74) is 1.24. The largest absolute Gasteiger partial charge is 0.329 e. The van der Waals surface area contributed by atoms with Crippen LogP contribution in [0, 0.1) is 0 Å². The molecule has 28 heavy (non-hydrogen) atoms. The summed E-state index contributed by atoms with van der Waals surface area (Å²) in [7, 11) is 0. The summed E-state index contributed by atoms with van der Waals surface area (Å²) in [6, 6.07) is 15.9. The lowest BCUT2D eigenvalue weighted by Crippen LogP contribution is -2.30. The standard InChI is InChI=1S/C20H17ClN4O2S/c21-14-7-4-6-13(12-14)20(27)25-11-5-10-16(25)18-23-24-19(28-18)17(26)22-15-8-2-1-3-9-15/h1-4,6-9,12,16H,5,10-11H2,(H,22,26)/t16-/m0/s1. The lowest BCUT2D eigenvalue weighted by molar-refractivity contribution is 0.0735. The van der Waals surface area contributed by atoms with Gasteiger partial charge in [0.1, 0.15) is 5.01 Å². The Balaban J connectivity index is 1.51. The van der Waals surface area contributed by atoms with Crippen LogP contribution in [0.25, 0.3) is 0 Å². The Morgan fingerprint density at radius 1 is 1.11 bits per heavy atom. The third-order valence-corrected chi connectivity index (χ3v) is 5.80. The molecule has 6 nitrogen and oxygen atoms in total. The minimum atomic E-state index is -0.305. The van der Waals surface area contributed by atoms with E-state index in [-0.39, 0.29) is 22.9 Å². The maximum Gasteiger partial charge on any atom is 0.286 e. The molecule has 3 aromatic rings. The molecule has 1 aliphatic rings. The topological polar surface area (TPSA) is 75.2 Å². The Bertz CT molecular complexity index is 1010. The minimum Gasteiger partial charge on any atom is -0.329 e. The molecule has 0 aliphatic carbocycles. The summed E-state index contributed by atoms with van der Waals surface area (Å²) < 4.78 is 0. The number of para-hydroxylation sites is 1. The van der Waals surface area contributed by atoms with Gasteiger partial charge in [0, 0.05) is 22.8 Å². The number of aromatic nitrogens is 2. The average molecular weight is 413 g/mol. The Labute approximate surface area is 171 Å². The second kappa shape index (κ2) is 8.08. The molecule has 1 aliphatic heterocycles. The number of amides is 2.